The Hall–Kier alpha value is -4.11. The summed E-state index contributed by atoms with van der Waals surface area (Å²) in [5, 5.41) is 6.99. The molecule has 1 amide bonds. The number of ether oxygens (including phenoxy) is 1. The van der Waals surface area contributed by atoms with Crippen molar-refractivity contribution in [1.29, 1.82) is 0 Å². The molecule has 1 aromatic carbocycles. The summed E-state index contributed by atoms with van der Waals surface area (Å²) in [5.41, 5.74) is 4.08. The molecule has 9 nitrogen and oxygen atoms in total. The van der Waals surface area contributed by atoms with Crippen molar-refractivity contribution < 1.29 is 9.53 Å². The third kappa shape index (κ3) is 5.43. The largest absolute Gasteiger partial charge is 0.372 e. The Balaban J connectivity index is 1.29. The third-order valence-electron chi connectivity index (χ3n) is 6.85. The molecule has 1 saturated heterocycles. The summed E-state index contributed by atoms with van der Waals surface area (Å²) in [6.07, 6.45) is 5.11. The van der Waals surface area contributed by atoms with Gasteiger partial charge in [0.15, 0.2) is 0 Å². The smallest absolute Gasteiger partial charge is 0.251 e. The molecule has 38 heavy (non-hydrogen) atoms. The fraction of sp³-hybridized carbons (Fsp3) is 0.345. The molecule has 1 aliphatic heterocycles. The standard InChI is InChI=1S/C29H33N7O2/c1-19(21-6-5-7-22-23(28(37)30-4)10-11-31-27(21)22)15-32-25-14-24(34-18-35-25)20-8-9-26(33-16-20)36-12-13-38-29(2,3)17-36/h5-11,14,16,18-19H,12-13,15,17H2,1-4H3,(H,30,37)(H,32,34,35)/t19-/m1/s1. The van der Waals surface area contributed by atoms with Crippen LogP contribution in [-0.4, -0.2) is 64.7 Å². The maximum Gasteiger partial charge on any atom is 0.251 e. The third-order valence-corrected chi connectivity index (χ3v) is 6.85. The molecule has 1 fully saturated rings. The summed E-state index contributed by atoms with van der Waals surface area (Å²) >= 11 is 0. The molecule has 4 aromatic rings. The second-order valence-electron chi connectivity index (χ2n) is 10.2. The lowest BCUT2D eigenvalue weighted by Gasteiger charge is -2.38. The molecular formula is C29H33N7O2. The van der Waals surface area contributed by atoms with Gasteiger partial charge < -0.3 is 20.3 Å². The number of rotatable bonds is 7. The molecular weight excluding hydrogens is 478 g/mol. The Morgan fingerprint density at radius 1 is 1.13 bits per heavy atom. The second-order valence-corrected chi connectivity index (χ2v) is 10.2. The number of aromatic nitrogens is 4. The summed E-state index contributed by atoms with van der Waals surface area (Å²) in [6, 6.07) is 13.7. The van der Waals surface area contributed by atoms with Crippen LogP contribution >= 0.6 is 0 Å². The van der Waals surface area contributed by atoms with Crippen LogP contribution in [0.4, 0.5) is 11.6 Å². The van der Waals surface area contributed by atoms with Crippen molar-refractivity contribution >= 4 is 28.4 Å². The molecule has 0 spiro atoms. The van der Waals surface area contributed by atoms with E-state index in [2.05, 4.69) is 57.3 Å². The summed E-state index contributed by atoms with van der Waals surface area (Å²) in [7, 11) is 1.64. The van der Waals surface area contributed by atoms with Crippen LogP contribution < -0.4 is 15.5 Å². The number of amides is 1. The number of anilines is 2. The molecule has 0 radical (unpaired) electrons. The Kier molecular flexibility index (Phi) is 7.20. The lowest BCUT2D eigenvalue weighted by molar-refractivity contribution is -0.0279. The van der Waals surface area contributed by atoms with Crippen molar-refractivity contribution in [3.8, 4) is 11.3 Å². The van der Waals surface area contributed by atoms with Crippen LogP contribution in [-0.2, 0) is 4.74 Å². The number of carbonyl (C=O) groups is 1. The van der Waals surface area contributed by atoms with Gasteiger partial charge in [0.25, 0.3) is 5.91 Å². The Morgan fingerprint density at radius 2 is 2.00 bits per heavy atom. The predicted octanol–water partition coefficient (Wildman–Crippen LogP) is 4.28. The van der Waals surface area contributed by atoms with Crippen molar-refractivity contribution in [2.45, 2.75) is 32.3 Å². The Bertz CT molecular complexity index is 1440. The molecule has 0 saturated carbocycles. The first-order valence-electron chi connectivity index (χ1n) is 12.9. The molecule has 4 heterocycles. The number of hydrogen-bond acceptors (Lipinski definition) is 8. The van der Waals surface area contributed by atoms with Crippen molar-refractivity contribution in [2.24, 2.45) is 0 Å². The van der Waals surface area contributed by atoms with Gasteiger partial charge in [-0.25, -0.2) is 15.0 Å². The van der Waals surface area contributed by atoms with Crippen molar-refractivity contribution in [3.63, 3.8) is 0 Å². The zero-order valence-electron chi connectivity index (χ0n) is 22.2. The first-order valence-corrected chi connectivity index (χ1v) is 12.9. The van der Waals surface area contributed by atoms with Crippen molar-refractivity contribution in [1.82, 2.24) is 25.3 Å². The van der Waals surface area contributed by atoms with Crippen LogP contribution in [0.1, 0.15) is 42.6 Å². The van der Waals surface area contributed by atoms with Crippen LogP contribution in [0.5, 0.6) is 0 Å². The molecule has 3 aromatic heterocycles. The molecule has 0 aliphatic carbocycles. The quantitative estimate of drug-likeness (QED) is 0.379. The summed E-state index contributed by atoms with van der Waals surface area (Å²) in [5.74, 6) is 1.68. The fourth-order valence-corrected chi connectivity index (χ4v) is 4.85. The maximum atomic E-state index is 12.3. The molecule has 2 N–H and O–H groups in total. The summed E-state index contributed by atoms with van der Waals surface area (Å²) < 4.78 is 5.82. The van der Waals surface area contributed by atoms with E-state index >= 15 is 0 Å². The zero-order chi connectivity index (χ0) is 26.7. The van der Waals surface area contributed by atoms with Crippen molar-refractivity contribution in [3.05, 3.63) is 72.3 Å². The topological polar surface area (TPSA) is 105 Å². The molecule has 0 bridgehead atoms. The van der Waals surface area contributed by atoms with Gasteiger partial charge in [-0.2, -0.15) is 0 Å². The van der Waals surface area contributed by atoms with E-state index in [9.17, 15) is 4.79 Å². The lowest BCUT2D eigenvalue weighted by atomic mass is 9.96. The molecule has 196 valence electrons. The maximum absolute atomic E-state index is 12.3. The number of fused-ring (bicyclic) bond motifs is 1. The molecule has 0 unspecified atom stereocenters. The van der Waals surface area contributed by atoms with E-state index in [1.165, 1.54) is 0 Å². The number of hydrogen-bond donors (Lipinski definition) is 2. The number of nitrogens with zero attached hydrogens (tertiary/aromatic N) is 5. The van der Waals surface area contributed by atoms with E-state index in [1.54, 1.807) is 25.6 Å². The average Bonchev–Trinajstić information content (AvgIpc) is 2.94. The van der Waals surface area contributed by atoms with E-state index < -0.39 is 0 Å². The normalized spacial score (nSPS) is 15.7. The molecule has 9 heteroatoms. The minimum absolute atomic E-state index is 0.120. The Labute approximate surface area is 222 Å². The van der Waals surface area contributed by atoms with Gasteiger partial charge in [-0.1, -0.05) is 25.1 Å². The first kappa shape index (κ1) is 25.5. The van der Waals surface area contributed by atoms with Gasteiger partial charge in [-0.3, -0.25) is 9.78 Å². The van der Waals surface area contributed by atoms with Crippen molar-refractivity contribution in [2.75, 3.05) is 43.5 Å². The lowest BCUT2D eigenvalue weighted by Crippen LogP contribution is -2.48. The van der Waals surface area contributed by atoms with E-state index in [-0.39, 0.29) is 17.4 Å². The van der Waals surface area contributed by atoms with Crippen LogP contribution in [0, 0.1) is 0 Å². The number of pyridine rings is 2. The van der Waals surface area contributed by atoms with Gasteiger partial charge >= 0.3 is 0 Å². The highest BCUT2D eigenvalue weighted by molar-refractivity contribution is 6.06. The minimum atomic E-state index is -0.183. The summed E-state index contributed by atoms with van der Waals surface area (Å²) in [4.78, 5) is 32.7. The van der Waals surface area contributed by atoms with E-state index in [1.807, 2.05) is 36.5 Å². The number of benzene rings is 1. The highest BCUT2D eigenvalue weighted by Crippen LogP contribution is 2.28. The van der Waals surface area contributed by atoms with Gasteiger partial charge in [0.05, 0.1) is 29.0 Å². The molecule has 1 aliphatic rings. The van der Waals surface area contributed by atoms with Crippen LogP contribution in [0.2, 0.25) is 0 Å². The fourth-order valence-electron chi connectivity index (χ4n) is 4.85. The highest BCUT2D eigenvalue weighted by Gasteiger charge is 2.27. The van der Waals surface area contributed by atoms with Crippen LogP contribution in [0.25, 0.3) is 22.2 Å². The van der Waals surface area contributed by atoms with Gasteiger partial charge in [-0.05, 0) is 37.6 Å². The number of para-hydroxylation sites is 1. The van der Waals surface area contributed by atoms with Gasteiger partial charge in [0.1, 0.15) is 18.0 Å². The highest BCUT2D eigenvalue weighted by atomic mass is 16.5. The van der Waals surface area contributed by atoms with E-state index in [0.29, 0.717) is 18.7 Å². The zero-order valence-corrected chi connectivity index (χ0v) is 22.2. The van der Waals surface area contributed by atoms with Gasteiger partial charge in [0.2, 0.25) is 0 Å². The number of nitrogens with one attached hydrogen (secondary N) is 2. The van der Waals surface area contributed by atoms with Crippen LogP contribution in [0.15, 0.2) is 61.2 Å². The monoisotopic (exact) mass is 511 g/mol. The van der Waals surface area contributed by atoms with Crippen LogP contribution in [0.3, 0.4) is 0 Å². The summed E-state index contributed by atoms with van der Waals surface area (Å²) in [6.45, 7) is 9.30. The average molecular weight is 512 g/mol. The number of carbonyl (C=O) groups excluding carboxylic acids is 1. The van der Waals surface area contributed by atoms with E-state index in [4.69, 9.17) is 9.72 Å². The first-order chi connectivity index (χ1) is 18.3. The molecule has 1 atom stereocenters. The number of morpholine rings is 1. The predicted molar refractivity (Wildman–Crippen MR) is 150 cm³/mol. The Morgan fingerprint density at radius 3 is 2.76 bits per heavy atom. The second kappa shape index (κ2) is 10.7. The van der Waals surface area contributed by atoms with Gasteiger partial charge in [0, 0.05) is 62.0 Å². The van der Waals surface area contributed by atoms with Gasteiger partial charge in [-0.15, -0.1) is 0 Å². The molecule has 5 rings (SSSR count). The SMILES string of the molecule is CNC(=O)c1ccnc2c([C@H](C)CNc3cc(-c4ccc(N5CCOC(C)(C)C5)nc4)ncn3)cccc12. The van der Waals surface area contributed by atoms with E-state index in [0.717, 1.165) is 52.4 Å². The minimum Gasteiger partial charge on any atom is -0.372 e.